The third-order valence-electron chi connectivity index (χ3n) is 3.54. The second-order valence-electron chi connectivity index (χ2n) is 5.00. The van der Waals surface area contributed by atoms with Gasteiger partial charge in [0.2, 0.25) is 0 Å². The highest BCUT2D eigenvalue weighted by molar-refractivity contribution is 5.60. The van der Waals surface area contributed by atoms with Crippen LogP contribution in [0.1, 0.15) is 12.5 Å². The molecule has 1 aliphatic rings. The summed E-state index contributed by atoms with van der Waals surface area (Å²) in [6.45, 7) is 4.73. The van der Waals surface area contributed by atoms with E-state index in [1.54, 1.807) is 0 Å². The van der Waals surface area contributed by atoms with Gasteiger partial charge in [0.05, 0.1) is 17.3 Å². The van der Waals surface area contributed by atoms with Crippen LogP contribution < -0.4 is 10.6 Å². The van der Waals surface area contributed by atoms with Crippen molar-refractivity contribution in [3.05, 3.63) is 29.8 Å². The van der Waals surface area contributed by atoms with Crippen LogP contribution in [0.2, 0.25) is 0 Å². The molecular formula is C14H20N4. The molecule has 0 bridgehead atoms. The fraction of sp³-hybridized carbons (Fsp3) is 0.500. The van der Waals surface area contributed by atoms with Gasteiger partial charge in [-0.15, -0.1) is 0 Å². The highest BCUT2D eigenvalue weighted by Crippen LogP contribution is 2.27. The molecule has 0 aliphatic carbocycles. The highest BCUT2D eigenvalue weighted by atomic mass is 15.3. The maximum absolute atomic E-state index is 9.23. The van der Waals surface area contributed by atoms with Crippen LogP contribution in [0.15, 0.2) is 24.3 Å². The fourth-order valence-corrected chi connectivity index (χ4v) is 2.84. The first-order chi connectivity index (χ1) is 8.67. The summed E-state index contributed by atoms with van der Waals surface area (Å²) in [5, 5.41) is 9.23. The number of piperazine rings is 1. The van der Waals surface area contributed by atoms with E-state index in [2.05, 4.69) is 29.8 Å². The quantitative estimate of drug-likeness (QED) is 0.844. The largest absolute Gasteiger partial charge is 0.361 e. The molecule has 0 aromatic heterocycles. The van der Waals surface area contributed by atoms with Gasteiger partial charge in [-0.2, -0.15) is 5.26 Å². The zero-order valence-electron chi connectivity index (χ0n) is 11.0. The zero-order valence-corrected chi connectivity index (χ0v) is 11.0. The second-order valence-corrected chi connectivity index (χ2v) is 5.00. The van der Waals surface area contributed by atoms with E-state index in [-0.39, 0.29) is 6.04 Å². The number of anilines is 1. The van der Waals surface area contributed by atoms with Gasteiger partial charge in [0.1, 0.15) is 6.07 Å². The number of nitriles is 1. The summed E-state index contributed by atoms with van der Waals surface area (Å²) >= 11 is 0. The molecule has 96 valence electrons. The Morgan fingerprint density at radius 3 is 2.78 bits per heavy atom. The zero-order chi connectivity index (χ0) is 13.1. The van der Waals surface area contributed by atoms with Gasteiger partial charge in [-0.05, 0) is 26.1 Å². The van der Waals surface area contributed by atoms with Crippen LogP contribution in [0.4, 0.5) is 5.69 Å². The van der Waals surface area contributed by atoms with Gasteiger partial charge in [0.25, 0.3) is 0 Å². The third kappa shape index (κ3) is 2.33. The first-order valence-corrected chi connectivity index (χ1v) is 6.33. The maximum Gasteiger partial charge on any atom is 0.101 e. The van der Waals surface area contributed by atoms with E-state index in [0.717, 1.165) is 24.3 Å². The maximum atomic E-state index is 9.23. The minimum absolute atomic E-state index is 0.272. The lowest BCUT2D eigenvalue weighted by Crippen LogP contribution is -2.59. The van der Waals surface area contributed by atoms with E-state index in [1.165, 1.54) is 0 Å². The molecule has 1 aromatic carbocycles. The number of nitrogens with two attached hydrogens (primary N) is 1. The number of rotatable bonds is 2. The summed E-state index contributed by atoms with van der Waals surface area (Å²) in [6, 6.07) is 10.7. The average Bonchev–Trinajstić information content (AvgIpc) is 2.38. The van der Waals surface area contributed by atoms with Crippen molar-refractivity contribution >= 4 is 5.69 Å². The van der Waals surface area contributed by atoms with Crippen LogP contribution in [-0.4, -0.2) is 43.7 Å². The van der Waals surface area contributed by atoms with E-state index < -0.39 is 0 Å². The Bertz CT molecular complexity index is 451. The molecule has 2 atom stereocenters. The molecule has 0 amide bonds. The molecule has 2 unspecified atom stereocenters. The summed E-state index contributed by atoms with van der Waals surface area (Å²) in [5.41, 5.74) is 7.63. The molecule has 2 rings (SSSR count). The van der Waals surface area contributed by atoms with E-state index >= 15 is 0 Å². The summed E-state index contributed by atoms with van der Waals surface area (Å²) in [6.07, 6.45) is 0. The predicted molar refractivity (Wildman–Crippen MR) is 73.4 cm³/mol. The molecular weight excluding hydrogens is 224 g/mol. The second kappa shape index (κ2) is 5.38. The molecule has 0 saturated carbocycles. The van der Waals surface area contributed by atoms with Crippen molar-refractivity contribution in [1.82, 2.24) is 4.90 Å². The topological polar surface area (TPSA) is 56.3 Å². The molecule has 4 nitrogen and oxygen atoms in total. The van der Waals surface area contributed by atoms with E-state index in [4.69, 9.17) is 5.73 Å². The van der Waals surface area contributed by atoms with Crippen molar-refractivity contribution in [2.45, 2.75) is 19.0 Å². The van der Waals surface area contributed by atoms with E-state index in [1.807, 2.05) is 24.3 Å². The number of nitrogens with zero attached hydrogens (tertiary/aromatic N) is 3. The van der Waals surface area contributed by atoms with Gasteiger partial charge >= 0.3 is 0 Å². The number of benzene rings is 1. The molecule has 1 fully saturated rings. The predicted octanol–water partition coefficient (Wildman–Crippen LogP) is 1.03. The molecule has 1 saturated heterocycles. The molecule has 18 heavy (non-hydrogen) atoms. The van der Waals surface area contributed by atoms with Gasteiger partial charge in [0.15, 0.2) is 0 Å². The lowest BCUT2D eigenvalue weighted by molar-refractivity contribution is 0.235. The molecule has 1 aromatic rings. The Balaban J connectivity index is 2.38. The van der Waals surface area contributed by atoms with Gasteiger partial charge in [-0.25, -0.2) is 0 Å². The number of hydrogen-bond acceptors (Lipinski definition) is 4. The monoisotopic (exact) mass is 244 g/mol. The van der Waals surface area contributed by atoms with Crippen LogP contribution in [0.25, 0.3) is 0 Å². The number of para-hydroxylation sites is 1. The third-order valence-corrected chi connectivity index (χ3v) is 3.54. The lowest BCUT2D eigenvalue weighted by atomic mass is 10.0. The molecule has 0 spiro atoms. The van der Waals surface area contributed by atoms with Crippen LogP contribution in [0, 0.1) is 11.3 Å². The highest BCUT2D eigenvalue weighted by Gasteiger charge is 2.30. The number of hydrogen-bond donors (Lipinski definition) is 1. The Morgan fingerprint density at radius 2 is 2.11 bits per heavy atom. The summed E-state index contributed by atoms with van der Waals surface area (Å²) < 4.78 is 0. The fourth-order valence-electron chi connectivity index (χ4n) is 2.84. The Hall–Kier alpha value is -1.57. The van der Waals surface area contributed by atoms with E-state index in [0.29, 0.717) is 12.6 Å². The van der Waals surface area contributed by atoms with Gasteiger partial charge in [0, 0.05) is 25.7 Å². The van der Waals surface area contributed by atoms with Gasteiger partial charge in [-0.1, -0.05) is 12.1 Å². The van der Waals surface area contributed by atoms with E-state index in [9.17, 15) is 5.26 Å². The molecule has 2 N–H and O–H groups in total. The summed E-state index contributed by atoms with van der Waals surface area (Å²) in [5.74, 6) is 0. The summed E-state index contributed by atoms with van der Waals surface area (Å²) in [7, 11) is 2.12. The number of likely N-dealkylation sites (N-methyl/N-ethyl adjacent to an activating group) is 1. The normalized spacial score (nSPS) is 24.9. The lowest BCUT2D eigenvalue weighted by Gasteiger charge is -2.46. The molecule has 1 heterocycles. The van der Waals surface area contributed by atoms with Crippen molar-refractivity contribution in [3.63, 3.8) is 0 Å². The molecule has 1 aliphatic heterocycles. The first-order valence-electron chi connectivity index (χ1n) is 6.33. The Kier molecular flexibility index (Phi) is 3.85. The van der Waals surface area contributed by atoms with Gasteiger partial charge < -0.3 is 15.5 Å². The van der Waals surface area contributed by atoms with Crippen molar-refractivity contribution in [2.24, 2.45) is 5.73 Å². The van der Waals surface area contributed by atoms with Crippen molar-refractivity contribution < 1.29 is 0 Å². The first kappa shape index (κ1) is 12.9. The van der Waals surface area contributed by atoms with Crippen LogP contribution in [0.5, 0.6) is 0 Å². The Morgan fingerprint density at radius 1 is 1.39 bits per heavy atom. The Labute approximate surface area is 109 Å². The SMILES string of the molecule is CC1CN(C)CC(CN)N1c1ccccc1C#N. The standard InChI is InChI=1S/C14H20N4/c1-11-9-17(2)10-13(8-16)18(11)14-6-4-3-5-12(14)7-15/h3-6,11,13H,8-10,16H2,1-2H3. The van der Waals surface area contributed by atoms with Crippen molar-refractivity contribution in [3.8, 4) is 6.07 Å². The molecule has 4 heteroatoms. The van der Waals surface area contributed by atoms with Crippen LogP contribution >= 0.6 is 0 Å². The minimum Gasteiger partial charge on any atom is -0.361 e. The van der Waals surface area contributed by atoms with Crippen molar-refractivity contribution in [2.75, 3.05) is 31.6 Å². The van der Waals surface area contributed by atoms with Gasteiger partial charge in [-0.3, -0.25) is 0 Å². The van der Waals surface area contributed by atoms with Crippen LogP contribution in [0.3, 0.4) is 0 Å². The van der Waals surface area contributed by atoms with Crippen LogP contribution in [-0.2, 0) is 0 Å². The van der Waals surface area contributed by atoms with Crippen molar-refractivity contribution in [1.29, 1.82) is 5.26 Å². The molecule has 0 radical (unpaired) electrons. The smallest absolute Gasteiger partial charge is 0.101 e. The summed E-state index contributed by atoms with van der Waals surface area (Å²) in [4.78, 5) is 4.60. The average molecular weight is 244 g/mol. The minimum atomic E-state index is 0.272.